The fourth-order valence-electron chi connectivity index (χ4n) is 18.2. The number of aryl methyl sites for hydroxylation is 1. The first kappa shape index (κ1) is 115. The summed E-state index contributed by atoms with van der Waals surface area (Å²) >= 11 is 0. The number of hydrogen-bond donors (Lipinski definition) is 0. The van der Waals surface area contributed by atoms with Crippen LogP contribution in [-0.2, 0) is 211 Å². The average molecular weight is 2280 g/mol. The molecule has 0 atom stereocenters. The van der Waals surface area contributed by atoms with Gasteiger partial charge in [0, 0.05) is 240 Å². The summed E-state index contributed by atoms with van der Waals surface area (Å²) in [5, 5.41) is 0. The Morgan fingerprint density at radius 3 is 0.900 bits per heavy atom. The van der Waals surface area contributed by atoms with Crippen LogP contribution in [0.3, 0.4) is 0 Å². The zero-order valence-electron chi connectivity index (χ0n) is 78.8. The maximum atomic E-state index is 14.7. The van der Waals surface area contributed by atoms with Crippen LogP contribution in [0.2, 0.25) is 0 Å². The van der Waals surface area contributed by atoms with E-state index in [1.54, 1.807) is 170 Å². The zero-order chi connectivity index (χ0) is 94.0. The molecular formula is C115H107F10O10Y5-5. The third kappa shape index (κ3) is 29.2. The van der Waals surface area contributed by atoms with E-state index in [2.05, 4.69) is 45.0 Å². The molecule has 717 valence electrons. The molecule has 7 fully saturated rings. The van der Waals surface area contributed by atoms with E-state index in [0.29, 0.717) is 121 Å². The van der Waals surface area contributed by atoms with Gasteiger partial charge in [-0.2, -0.15) is 121 Å². The molecule has 5 radical (unpaired) electrons. The standard InChI is InChI=1S/3C23H19F2O2.2C23H25F2O2.5Y/c1-15-2-4-16(5-3-15)17-6-8-18(9-7-17)20-10-11-21(23(25)22(20)24)19-12-26-14-27-13-19;1-15-26-13-19(14-27-15)16-7-9-18(10-8-16)21-12-11-20(22(24)23(21)25)17-5-3-2-4-6-17;1-15-13-26-23(27-14-15)18-9-7-17(8-10-18)20-12-11-19(21(24)22(20)25)16-5-3-2-4-6-16;1-15-7-9-16(10-8-15)18-13-26-23(27-14-18)20-12-11-19(21(24)22(20)25)17-5-3-2-4-6-17;1-15-7-9-17(10-8-15)23-26-13-18(14-27-23)20-12-11-19(21(24)22(20)25)16-5-3-2-4-6-16;;;;;/h2-11,14,19H,12-13H2,1H3;3-12,15,19H,13-14H2,1H3;3-12,15,23H,13-14H2,1H3;3-6,11-12,15-16,18,23H,7-10,13-14H2,1H3;3-6,11-12,15,17-18,23H,7-10,13-14H2,1H3;;;;;/q5*-1;;;;;. The minimum Gasteiger partial charge on any atom is -0.524 e. The minimum atomic E-state index is -0.893. The molecule has 2 saturated carbocycles. The topological polar surface area (TPSA) is 92.3 Å². The van der Waals surface area contributed by atoms with Gasteiger partial charge < -0.3 is 47.4 Å². The fraction of sp³-hybridized carbons (Fsp3) is 0.313. The van der Waals surface area contributed by atoms with Crippen molar-refractivity contribution in [2.45, 2.75) is 129 Å². The monoisotopic (exact) mass is 2280 g/mol. The van der Waals surface area contributed by atoms with E-state index in [1.807, 2.05) is 98.8 Å². The Kier molecular flexibility index (Phi) is 45.7. The van der Waals surface area contributed by atoms with E-state index >= 15 is 0 Å². The third-order valence-corrected chi connectivity index (χ3v) is 26.4. The molecule has 10 nitrogen and oxygen atoms in total. The molecule has 13 aromatic rings. The van der Waals surface area contributed by atoms with Crippen LogP contribution in [-0.4, -0.2) is 78.6 Å². The van der Waals surface area contributed by atoms with Gasteiger partial charge in [-0.15, -0.1) is 22.3 Å². The molecular weight excluding hydrogens is 2180 g/mol. The van der Waals surface area contributed by atoms with Crippen LogP contribution in [0, 0.1) is 132 Å². The van der Waals surface area contributed by atoms with Crippen molar-refractivity contribution in [1.82, 2.24) is 0 Å². The molecule has 20 rings (SSSR count). The second kappa shape index (κ2) is 55.9. The molecule has 5 saturated heterocycles. The fourth-order valence-corrected chi connectivity index (χ4v) is 18.2. The van der Waals surface area contributed by atoms with Crippen molar-refractivity contribution in [2.75, 3.05) is 66.1 Å². The van der Waals surface area contributed by atoms with E-state index in [0.717, 1.165) is 46.9 Å². The molecule has 0 amide bonds. The Morgan fingerprint density at radius 2 is 0.521 bits per heavy atom. The van der Waals surface area contributed by atoms with Crippen molar-refractivity contribution in [3.63, 3.8) is 0 Å². The number of halogens is 10. The maximum Gasteiger partial charge on any atom is 0.186 e. The molecule has 2 aliphatic carbocycles. The van der Waals surface area contributed by atoms with Crippen LogP contribution in [0.15, 0.2) is 255 Å². The largest absolute Gasteiger partial charge is 0.524 e. The van der Waals surface area contributed by atoms with Gasteiger partial charge in [0.05, 0.1) is 52.9 Å². The second-order valence-electron chi connectivity index (χ2n) is 35.9. The van der Waals surface area contributed by atoms with Crippen LogP contribution in [0.5, 0.6) is 0 Å². The third-order valence-electron chi connectivity index (χ3n) is 26.4. The molecule has 7 aliphatic rings. The molecule has 0 unspecified atom stereocenters. The van der Waals surface area contributed by atoms with Crippen LogP contribution in [0.1, 0.15) is 143 Å². The van der Waals surface area contributed by atoms with E-state index in [1.165, 1.54) is 50.9 Å². The summed E-state index contributed by atoms with van der Waals surface area (Å²) in [4.78, 5) is 0. The van der Waals surface area contributed by atoms with Crippen molar-refractivity contribution in [2.24, 2.45) is 35.5 Å². The van der Waals surface area contributed by atoms with Gasteiger partial charge in [-0.25, -0.2) is 43.9 Å². The van der Waals surface area contributed by atoms with Gasteiger partial charge in [0.25, 0.3) is 0 Å². The van der Waals surface area contributed by atoms with Gasteiger partial charge in [0.15, 0.2) is 83.3 Å². The normalized spacial score (nSPS) is 21.7. The van der Waals surface area contributed by atoms with Crippen LogP contribution < -0.4 is 0 Å². The smallest absolute Gasteiger partial charge is 0.186 e. The Morgan fingerprint density at radius 1 is 0.236 bits per heavy atom. The van der Waals surface area contributed by atoms with Gasteiger partial charge in [-0.3, -0.25) is 0 Å². The molecule has 13 aromatic carbocycles. The summed E-state index contributed by atoms with van der Waals surface area (Å²) < 4.78 is 203. The van der Waals surface area contributed by atoms with Crippen molar-refractivity contribution < 1.29 is 255 Å². The maximum absolute atomic E-state index is 14.7. The first-order chi connectivity index (χ1) is 65.7. The summed E-state index contributed by atoms with van der Waals surface area (Å²) in [6.45, 7) is 16.6. The number of rotatable bonds is 15. The average Bonchev–Trinajstić information content (AvgIpc) is 0.806. The van der Waals surface area contributed by atoms with Crippen molar-refractivity contribution in [3.05, 3.63) is 377 Å². The first-order valence-corrected chi connectivity index (χ1v) is 46.3. The molecule has 0 bridgehead atoms. The summed E-state index contributed by atoms with van der Waals surface area (Å²) in [7, 11) is 0. The Balaban J connectivity index is 0.000000166. The minimum absolute atomic E-state index is 0. The molecule has 0 N–H and O–H groups in total. The van der Waals surface area contributed by atoms with Crippen LogP contribution in [0.4, 0.5) is 43.9 Å². The molecule has 140 heavy (non-hydrogen) atoms. The predicted molar refractivity (Wildman–Crippen MR) is 501 cm³/mol. The van der Waals surface area contributed by atoms with E-state index in [-0.39, 0.29) is 257 Å². The Labute approximate surface area is 940 Å². The predicted octanol–water partition coefficient (Wildman–Crippen LogP) is 28.8. The van der Waals surface area contributed by atoms with Crippen molar-refractivity contribution in [1.29, 1.82) is 0 Å². The second-order valence-corrected chi connectivity index (χ2v) is 35.9. The van der Waals surface area contributed by atoms with Crippen molar-refractivity contribution >= 4 is 0 Å². The van der Waals surface area contributed by atoms with E-state index in [4.69, 9.17) is 47.4 Å². The quantitative estimate of drug-likeness (QED) is 0.0730. The molecule has 0 spiro atoms. The van der Waals surface area contributed by atoms with E-state index in [9.17, 15) is 43.9 Å². The molecule has 25 heteroatoms. The van der Waals surface area contributed by atoms with Gasteiger partial charge in [0.1, 0.15) is 0 Å². The van der Waals surface area contributed by atoms with Gasteiger partial charge >= 0.3 is 0 Å². The molecule has 5 heterocycles. The number of benzene rings is 13. The van der Waals surface area contributed by atoms with Crippen molar-refractivity contribution in [3.8, 4) is 89.0 Å². The van der Waals surface area contributed by atoms with Gasteiger partial charge in [0.2, 0.25) is 0 Å². The summed E-state index contributed by atoms with van der Waals surface area (Å²) in [5.41, 5.74) is 12.0. The van der Waals surface area contributed by atoms with E-state index < -0.39 is 70.8 Å². The number of hydrogen-bond acceptors (Lipinski definition) is 10. The molecule has 5 aliphatic heterocycles. The van der Waals surface area contributed by atoms with Crippen LogP contribution >= 0.6 is 0 Å². The SMILES string of the molecule is CC1CCC(C2COC(c3ccc(-c4cc[c-]cc4)c(F)c3F)OC2)CC1.CC1CCC(C2OCC(c3ccc(-c4cc[c-]cc4)c(F)c3F)CO2)CC1.CC1COC(c2ccc(-c3ccc(-c4cc[c-]cc4)c(F)c3F)cc2)OC1.CC1OCC(c2ccc(-c3ccc(-c4cc[c-]cc4)c(F)c3F)cc2)CO1.Cc1ccc(-c2ccc(-c3ccc(C4CO[CH-]OC4)c(F)c3F)cc2)cc1.[Y].[Y].[Y].[Y].[Y]. The zero-order valence-corrected chi connectivity index (χ0v) is 93.0. The van der Waals surface area contributed by atoms with Crippen LogP contribution in [0.25, 0.3) is 89.0 Å². The summed E-state index contributed by atoms with van der Waals surface area (Å²) in [6.07, 6.45) is 7.92. The first-order valence-electron chi connectivity index (χ1n) is 46.3. The summed E-state index contributed by atoms with van der Waals surface area (Å²) in [5.74, 6) is -5.57. The number of ether oxygens (including phenoxy) is 10. The Bertz CT molecular complexity index is 5730. The Hall–Kier alpha value is -5.72. The van der Waals surface area contributed by atoms with Gasteiger partial charge in [-0.1, -0.05) is 217 Å². The molecule has 0 aromatic heterocycles. The van der Waals surface area contributed by atoms with Gasteiger partial charge in [-0.05, 0) is 124 Å². The summed E-state index contributed by atoms with van der Waals surface area (Å²) in [6, 6.07) is 85.1.